The van der Waals surface area contributed by atoms with Gasteiger partial charge in [-0.25, -0.2) is 4.98 Å². The van der Waals surface area contributed by atoms with Crippen LogP contribution in [0, 0.1) is 6.92 Å². The first-order chi connectivity index (χ1) is 9.26. The third-order valence-corrected chi connectivity index (χ3v) is 3.39. The molecule has 2 rings (SSSR count). The Morgan fingerprint density at radius 3 is 2.47 bits per heavy atom. The molecule has 1 aromatic heterocycles. The fourth-order valence-electron chi connectivity index (χ4n) is 2.35. The van der Waals surface area contributed by atoms with Crippen molar-refractivity contribution in [2.24, 2.45) is 0 Å². The zero-order chi connectivity index (χ0) is 13.7. The standard InChI is InChI=1S/C16H22N2O/c1-4-15-13(3)18(5-2)16(17-15)12-19-11-14-9-7-6-8-10-14/h6-10H,4-5,11-12H2,1-3H3. The normalized spacial score (nSPS) is 10.9. The van der Waals surface area contributed by atoms with E-state index >= 15 is 0 Å². The molecule has 0 bridgehead atoms. The number of hydrogen-bond donors (Lipinski definition) is 0. The first-order valence-electron chi connectivity index (χ1n) is 6.92. The molecular weight excluding hydrogens is 236 g/mol. The highest BCUT2D eigenvalue weighted by Crippen LogP contribution is 2.13. The van der Waals surface area contributed by atoms with Gasteiger partial charge in [-0.05, 0) is 25.8 Å². The topological polar surface area (TPSA) is 27.1 Å². The molecule has 0 radical (unpaired) electrons. The molecule has 19 heavy (non-hydrogen) atoms. The first-order valence-corrected chi connectivity index (χ1v) is 6.92. The zero-order valence-corrected chi connectivity index (χ0v) is 12.0. The quantitative estimate of drug-likeness (QED) is 0.793. The highest BCUT2D eigenvalue weighted by molar-refractivity contribution is 5.16. The maximum Gasteiger partial charge on any atom is 0.135 e. The Labute approximate surface area is 115 Å². The number of rotatable bonds is 6. The van der Waals surface area contributed by atoms with E-state index in [2.05, 4.69) is 42.5 Å². The Morgan fingerprint density at radius 2 is 1.84 bits per heavy atom. The van der Waals surface area contributed by atoms with Gasteiger partial charge in [-0.1, -0.05) is 37.3 Å². The fourth-order valence-corrected chi connectivity index (χ4v) is 2.35. The van der Waals surface area contributed by atoms with E-state index in [-0.39, 0.29) is 0 Å². The van der Waals surface area contributed by atoms with Crippen LogP contribution in [-0.2, 0) is 30.9 Å². The van der Waals surface area contributed by atoms with Gasteiger partial charge in [-0.2, -0.15) is 0 Å². The van der Waals surface area contributed by atoms with E-state index < -0.39 is 0 Å². The van der Waals surface area contributed by atoms with Gasteiger partial charge in [0.25, 0.3) is 0 Å². The van der Waals surface area contributed by atoms with Crippen LogP contribution in [0.1, 0.15) is 36.6 Å². The van der Waals surface area contributed by atoms with Gasteiger partial charge in [0.05, 0.1) is 12.3 Å². The lowest BCUT2D eigenvalue weighted by atomic mass is 10.2. The summed E-state index contributed by atoms with van der Waals surface area (Å²) in [5.74, 6) is 1.03. The van der Waals surface area contributed by atoms with Crippen molar-refractivity contribution in [3.8, 4) is 0 Å². The van der Waals surface area contributed by atoms with E-state index in [9.17, 15) is 0 Å². The SMILES string of the molecule is CCc1nc(COCc2ccccc2)n(CC)c1C. The molecule has 0 aliphatic rings. The van der Waals surface area contributed by atoms with Crippen LogP contribution in [0.4, 0.5) is 0 Å². The molecule has 0 aliphatic heterocycles. The third-order valence-electron chi connectivity index (χ3n) is 3.39. The van der Waals surface area contributed by atoms with Crippen LogP contribution in [0.25, 0.3) is 0 Å². The van der Waals surface area contributed by atoms with Gasteiger partial charge in [0.2, 0.25) is 0 Å². The van der Waals surface area contributed by atoms with Crippen molar-refractivity contribution in [1.29, 1.82) is 0 Å². The summed E-state index contributed by atoms with van der Waals surface area (Å²) < 4.78 is 8.02. The maximum absolute atomic E-state index is 5.78. The second-order valence-corrected chi connectivity index (χ2v) is 4.64. The molecule has 0 N–H and O–H groups in total. The summed E-state index contributed by atoms with van der Waals surface area (Å²) in [7, 11) is 0. The van der Waals surface area contributed by atoms with Gasteiger partial charge >= 0.3 is 0 Å². The van der Waals surface area contributed by atoms with E-state index in [0.717, 1.165) is 18.8 Å². The Morgan fingerprint density at radius 1 is 1.11 bits per heavy atom. The van der Waals surface area contributed by atoms with E-state index in [1.54, 1.807) is 0 Å². The highest BCUT2D eigenvalue weighted by Gasteiger charge is 2.11. The highest BCUT2D eigenvalue weighted by atomic mass is 16.5. The molecule has 2 aromatic rings. The molecule has 3 nitrogen and oxygen atoms in total. The lowest BCUT2D eigenvalue weighted by Crippen LogP contribution is -2.05. The van der Waals surface area contributed by atoms with E-state index in [0.29, 0.717) is 13.2 Å². The minimum absolute atomic E-state index is 0.573. The number of nitrogens with zero attached hydrogens (tertiary/aromatic N) is 2. The van der Waals surface area contributed by atoms with Crippen molar-refractivity contribution in [3.05, 3.63) is 53.1 Å². The second kappa shape index (κ2) is 6.53. The summed E-state index contributed by atoms with van der Waals surface area (Å²) in [4.78, 5) is 4.67. The van der Waals surface area contributed by atoms with Crippen LogP contribution < -0.4 is 0 Å². The molecule has 0 amide bonds. The van der Waals surface area contributed by atoms with Gasteiger partial charge in [-0.3, -0.25) is 0 Å². The number of imidazole rings is 1. The molecule has 0 saturated carbocycles. The molecule has 3 heteroatoms. The summed E-state index contributed by atoms with van der Waals surface area (Å²) in [5, 5.41) is 0. The Bertz CT molecular complexity index is 517. The van der Waals surface area contributed by atoms with Gasteiger partial charge in [-0.15, -0.1) is 0 Å². The molecule has 102 valence electrons. The Kier molecular flexibility index (Phi) is 4.74. The minimum Gasteiger partial charge on any atom is -0.369 e. The zero-order valence-electron chi connectivity index (χ0n) is 12.0. The van der Waals surface area contributed by atoms with Crippen LogP contribution in [0.3, 0.4) is 0 Å². The van der Waals surface area contributed by atoms with Crippen molar-refractivity contribution in [2.75, 3.05) is 0 Å². The van der Waals surface area contributed by atoms with Crippen LogP contribution in [0.5, 0.6) is 0 Å². The number of aromatic nitrogens is 2. The Hall–Kier alpha value is -1.61. The number of benzene rings is 1. The smallest absolute Gasteiger partial charge is 0.135 e. The molecule has 0 atom stereocenters. The molecule has 0 aliphatic carbocycles. The molecule has 1 heterocycles. The summed E-state index contributed by atoms with van der Waals surface area (Å²) >= 11 is 0. The summed E-state index contributed by atoms with van der Waals surface area (Å²) in [6, 6.07) is 10.2. The average molecular weight is 258 g/mol. The number of ether oxygens (including phenoxy) is 1. The predicted molar refractivity (Wildman–Crippen MR) is 77.0 cm³/mol. The number of hydrogen-bond acceptors (Lipinski definition) is 2. The van der Waals surface area contributed by atoms with E-state index in [4.69, 9.17) is 4.74 Å². The van der Waals surface area contributed by atoms with Gasteiger partial charge in [0, 0.05) is 12.2 Å². The minimum atomic E-state index is 0.573. The summed E-state index contributed by atoms with van der Waals surface area (Å²) in [5.41, 5.74) is 3.65. The largest absolute Gasteiger partial charge is 0.369 e. The monoisotopic (exact) mass is 258 g/mol. The van der Waals surface area contributed by atoms with Crippen LogP contribution in [0.2, 0.25) is 0 Å². The van der Waals surface area contributed by atoms with Crippen molar-refractivity contribution >= 4 is 0 Å². The Balaban J connectivity index is 1.99. The van der Waals surface area contributed by atoms with Crippen LogP contribution in [0.15, 0.2) is 30.3 Å². The van der Waals surface area contributed by atoms with Crippen molar-refractivity contribution in [3.63, 3.8) is 0 Å². The lowest BCUT2D eigenvalue weighted by Gasteiger charge is -2.08. The first kappa shape index (κ1) is 13.8. The third kappa shape index (κ3) is 3.24. The van der Waals surface area contributed by atoms with Gasteiger partial charge in [0.1, 0.15) is 12.4 Å². The predicted octanol–water partition coefficient (Wildman–Crippen LogP) is 3.49. The summed E-state index contributed by atoms with van der Waals surface area (Å²) in [6.07, 6.45) is 0.977. The van der Waals surface area contributed by atoms with E-state index in [1.165, 1.54) is 17.0 Å². The maximum atomic E-state index is 5.78. The molecular formula is C16H22N2O. The fraction of sp³-hybridized carbons (Fsp3) is 0.438. The summed E-state index contributed by atoms with van der Waals surface area (Å²) in [6.45, 7) is 8.58. The van der Waals surface area contributed by atoms with E-state index in [1.807, 2.05) is 18.2 Å². The molecule has 1 aromatic carbocycles. The van der Waals surface area contributed by atoms with Crippen molar-refractivity contribution in [2.45, 2.75) is 47.0 Å². The molecule has 0 saturated heterocycles. The lowest BCUT2D eigenvalue weighted by molar-refractivity contribution is 0.0993. The average Bonchev–Trinajstić information content (AvgIpc) is 2.75. The molecule has 0 fully saturated rings. The van der Waals surface area contributed by atoms with Crippen LogP contribution in [-0.4, -0.2) is 9.55 Å². The van der Waals surface area contributed by atoms with Crippen molar-refractivity contribution in [1.82, 2.24) is 9.55 Å². The van der Waals surface area contributed by atoms with Crippen LogP contribution >= 0.6 is 0 Å². The molecule has 0 unspecified atom stereocenters. The van der Waals surface area contributed by atoms with Crippen molar-refractivity contribution < 1.29 is 4.74 Å². The van der Waals surface area contributed by atoms with Gasteiger partial charge < -0.3 is 9.30 Å². The van der Waals surface area contributed by atoms with Gasteiger partial charge in [0.15, 0.2) is 0 Å². The molecule has 0 spiro atoms. The second-order valence-electron chi connectivity index (χ2n) is 4.64. The number of aryl methyl sites for hydroxylation is 1.